The van der Waals surface area contributed by atoms with Crippen molar-refractivity contribution in [2.75, 3.05) is 6.54 Å². The maximum absolute atomic E-state index is 12.9. The van der Waals surface area contributed by atoms with E-state index in [-0.39, 0.29) is 17.6 Å². The van der Waals surface area contributed by atoms with Gasteiger partial charge in [-0.15, -0.1) is 11.8 Å². The third-order valence-electron chi connectivity index (χ3n) is 6.45. The summed E-state index contributed by atoms with van der Waals surface area (Å²) in [7, 11) is 0. The van der Waals surface area contributed by atoms with E-state index in [9.17, 15) is 14.7 Å². The fraction of sp³-hybridized carbons (Fsp3) is 0.520. The lowest BCUT2D eigenvalue weighted by molar-refractivity contribution is -0.138. The molecule has 1 amide bonds. The normalized spacial score (nSPS) is 23.3. The van der Waals surface area contributed by atoms with Crippen molar-refractivity contribution >= 4 is 35.4 Å². The third-order valence-corrected chi connectivity index (χ3v) is 8.17. The summed E-state index contributed by atoms with van der Waals surface area (Å²) in [5.74, 6) is -0.311. The number of ether oxygens (including phenoxy) is 1. The summed E-state index contributed by atoms with van der Waals surface area (Å²) in [6.07, 6.45) is 4.89. The van der Waals surface area contributed by atoms with Crippen molar-refractivity contribution in [1.82, 2.24) is 4.90 Å². The predicted octanol–water partition coefficient (Wildman–Crippen LogP) is 6.75. The summed E-state index contributed by atoms with van der Waals surface area (Å²) < 4.78 is 4.69. The van der Waals surface area contributed by atoms with Crippen molar-refractivity contribution in [2.45, 2.75) is 71.1 Å². The number of carboxylic acids is 1. The quantitative estimate of drug-likeness (QED) is 0.490. The van der Waals surface area contributed by atoms with E-state index in [1.165, 1.54) is 17.3 Å². The molecule has 0 aromatic heterocycles. The maximum Gasteiger partial charge on any atom is 0.415 e. The van der Waals surface area contributed by atoms with Gasteiger partial charge in [0.05, 0.1) is 0 Å². The van der Waals surface area contributed by atoms with Crippen LogP contribution in [0.5, 0.6) is 5.75 Å². The van der Waals surface area contributed by atoms with Gasteiger partial charge in [0.15, 0.2) is 0 Å². The van der Waals surface area contributed by atoms with Gasteiger partial charge in [0.25, 0.3) is 0 Å². The molecule has 0 bridgehead atoms. The smallest absolute Gasteiger partial charge is 0.415 e. The SMILES string of the molecule is CCN(C(=O)Oc1ccc(C)cc1)C1CCC2=CC(SC(C)(C)C(=O)O)=C(Cl)CC2(C)C1. The lowest BCUT2D eigenvalue weighted by Crippen LogP contribution is -2.47. The number of fused-ring (bicyclic) bond motifs is 1. The Hall–Kier alpha value is -1.92. The number of allylic oxidation sites excluding steroid dienone is 3. The average molecular weight is 478 g/mol. The van der Waals surface area contributed by atoms with Crippen LogP contribution >= 0.6 is 23.4 Å². The summed E-state index contributed by atoms with van der Waals surface area (Å²) >= 11 is 7.96. The molecule has 1 aromatic carbocycles. The van der Waals surface area contributed by atoms with Crippen LogP contribution in [0.15, 0.2) is 45.9 Å². The van der Waals surface area contributed by atoms with Gasteiger partial charge in [-0.25, -0.2) is 4.79 Å². The Morgan fingerprint density at radius 3 is 2.56 bits per heavy atom. The van der Waals surface area contributed by atoms with Gasteiger partial charge in [0.2, 0.25) is 0 Å². The summed E-state index contributed by atoms with van der Waals surface area (Å²) in [6.45, 7) is 10.1. The van der Waals surface area contributed by atoms with E-state index in [1.54, 1.807) is 13.8 Å². The molecule has 7 heteroatoms. The lowest BCUT2D eigenvalue weighted by atomic mass is 9.66. The first-order chi connectivity index (χ1) is 14.9. The molecule has 0 saturated heterocycles. The van der Waals surface area contributed by atoms with E-state index >= 15 is 0 Å². The van der Waals surface area contributed by atoms with Gasteiger partial charge in [-0.3, -0.25) is 4.79 Å². The number of hydrogen-bond acceptors (Lipinski definition) is 4. The zero-order chi connectivity index (χ0) is 23.7. The monoisotopic (exact) mass is 477 g/mol. The highest BCUT2D eigenvalue weighted by atomic mass is 35.5. The Bertz CT molecular complexity index is 953. The molecule has 0 heterocycles. The molecule has 2 aliphatic rings. The number of carbonyl (C=O) groups excluding carboxylic acids is 1. The zero-order valence-electron chi connectivity index (χ0n) is 19.4. The molecule has 1 aromatic rings. The van der Waals surface area contributed by atoms with E-state index in [0.29, 0.717) is 23.7 Å². The molecule has 5 nitrogen and oxygen atoms in total. The number of hydrogen-bond donors (Lipinski definition) is 1. The first kappa shape index (κ1) is 24.7. The second kappa shape index (κ2) is 9.52. The van der Waals surface area contributed by atoms with Gasteiger partial charge in [-0.05, 0) is 77.0 Å². The van der Waals surface area contributed by atoms with E-state index in [0.717, 1.165) is 29.7 Å². The number of aliphatic carboxylic acids is 1. The number of thioether (sulfide) groups is 1. The molecule has 2 unspecified atom stereocenters. The molecular weight excluding hydrogens is 446 g/mol. The highest BCUT2D eigenvalue weighted by molar-refractivity contribution is 8.05. The minimum Gasteiger partial charge on any atom is -0.480 e. The number of benzene rings is 1. The maximum atomic E-state index is 12.9. The van der Waals surface area contributed by atoms with Crippen molar-refractivity contribution in [3.63, 3.8) is 0 Å². The van der Waals surface area contributed by atoms with Crippen molar-refractivity contribution in [2.24, 2.45) is 5.41 Å². The van der Waals surface area contributed by atoms with Gasteiger partial charge in [0.1, 0.15) is 10.5 Å². The number of halogens is 1. The van der Waals surface area contributed by atoms with E-state index in [1.807, 2.05) is 43.0 Å². The molecule has 2 atom stereocenters. The van der Waals surface area contributed by atoms with E-state index in [4.69, 9.17) is 16.3 Å². The molecule has 3 rings (SSSR count). The number of nitrogens with zero attached hydrogens (tertiary/aromatic N) is 1. The lowest BCUT2D eigenvalue weighted by Gasteiger charge is -2.46. The highest BCUT2D eigenvalue weighted by Crippen LogP contribution is 2.53. The molecule has 0 spiro atoms. The van der Waals surface area contributed by atoms with Crippen LogP contribution in [-0.4, -0.2) is 39.4 Å². The summed E-state index contributed by atoms with van der Waals surface area (Å²) in [5.41, 5.74) is 2.24. The number of rotatable bonds is 6. The van der Waals surface area contributed by atoms with Crippen LogP contribution in [0.3, 0.4) is 0 Å². The molecule has 1 saturated carbocycles. The summed E-state index contributed by atoms with van der Waals surface area (Å²) in [6, 6.07) is 7.54. The number of amides is 1. The summed E-state index contributed by atoms with van der Waals surface area (Å²) in [4.78, 5) is 27.1. The first-order valence-electron chi connectivity index (χ1n) is 11.0. The number of carboxylic acid groups (broad SMARTS) is 1. The van der Waals surface area contributed by atoms with Gasteiger partial charge in [-0.1, -0.05) is 41.8 Å². The molecular formula is C25H32ClNO4S. The van der Waals surface area contributed by atoms with Gasteiger partial charge >= 0.3 is 12.1 Å². The second-order valence-electron chi connectivity index (χ2n) is 9.46. The average Bonchev–Trinajstić information content (AvgIpc) is 2.70. The molecule has 174 valence electrons. The van der Waals surface area contributed by atoms with Crippen LogP contribution in [-0.2, 0) is 4.79 Å². The van der Waals surface area contributed by atoms with Crippen molar-refractivity contribution in [3.8, 4) is 5.75 Å². The van der Waals surface area contributed by atoms with Crippen LogP contribution in [0.25, 0.3) is 0 Å². The van der Waals surface area contributed by atoms with Crippen molar-refractivity contribution in [3.05, 3.63) is 51.4 Å². The van der Waals surface area contributed by atoms with Crippen LogP contribution in [0.1, 0.15) is 58.9 Å². The van der Waals surface area contributed by atoms with E-state index in [2.05, 4.69) is 13.0 Å². The molecule has 1 fully saturated rings. The van der Waals surface area contributed by atoms with Gasteiger partial charge in [-0.2, -0.15) is 0 Å². The van der Waals surface area contributed by atoms with Crippen LogP contribution in [0, 0.1) is 12.3 Å². The van der Waals surface area contributed by atoms with Crippen LogP contribution in [0.4, 0.5) is 4.79 Å². The minimum atomic E-state index is -0.948. The Kier molecular flexibility index (Phi) is 7.35. The molecule has 1 N–H and O–H groups in total. The molecule has 0 radical (unpaired) electrons. The first-order valence-corrected chi connectivity index (χ1v) is 12.2. The van der Waals surface area contributed by atoms with E-state index < -0.39 is 10.7 Å². The fourth-order valence-corrected chi connectivity index (χ4v) is 5.93. The Labute approximate surface area is 199 Å². The van der Waals surface area contributed by atoms with Crippen LogP contribution in [0.2, 0.25) is 0 Å². The molecule has 32 heavy (non-hydrogen) atoms. The topological polar surface area (TPSA) is 66.8 Å². The molecule has 0 aliphatic heterocycles. The zero-order valence-corrected chi connectivity index (χ0v) is 21.0. The predicted molar refractivity (Wildman–Crippen MR) is 130 cm³/mol. The minimum absolute atomic E-state index is 0.0641. The van der Waals surface area contributed by atoms with Crippen LogP contribution < -0.4 is 4.74 Å². The van der Waals surface area contributed by atoms with Crippen molar-refractivity contribution < 1.29 is 19.4 Å². The fourth-order valence-electron chi connectivity index (χ4n) is 4.45. The Balaban J connectivity index is 1.73. The third kappa shape index (κ3) is 5.34. The molecule has 2 aliphatic carbocycles. The van der Waals surface area contributed by atoms with Gasteiger partial charge < -0.3 is 14.7 Å². The van der Waals surface area contributed by atoms with Gasteiger partial charge in [0, 0.05) is 22.5 Å². The largest absolute Gasteiger partial charge is 0.480 e. The second-order valence-corrected chi connectivity index (χ2v) is 11.6. The highest BCUT2D eigenvalue weighted by Gasteiger charge is 2.43. The Morgan fingerprint density at radius 1 is 1.31 bits per heavy atom. The summed E-state index contributed by atoms with van der Waals surface area (Å²) in [5, 5.41) is 10.2. The standard InChI is InChI=1S/C25H32ClNO4S/c1-6-27(23(30)31-19-11-7-16(2)8-12-19)18-10-9-17-13-21(32-24(3,4)22(28)29)20(26)15-25(17,5)14-18/h7-8,11-13,18H,6,9-10,14-15H2,1-5H3,(H,28,29). The van der Waals surface area contributed by atoms with Crippen molar-refractivity contribution in [1.29, 1.82) is 0 Å². The Morgan fingerprint density at radius 2 is 1.97 bits per heavy atom. The number of carbonyl (C=O) groups is 2. The number of aryl methyl sites for hydroxylation is 1.